The Bertz CT molecular complexity index is 1110. The second kappa shape index (κ2) is 9.50. The predicted molar refractivity (Wildman–Crippen MR) is 124 cm³/mol. The van der Waals surface area contributed by atoms with Crippen LogP contribution in [0.1, 0.15) is 34.2 Å². The molecule has 4 heteroatoms. The summed E-state index contributed by atoms with van der Waals surface area (Å²) in [5.41, 5.74) is 3.20. The third-order valence-electron chi connectivity index (χ3n) is 5.25. The monoisotopic (exact) mass is 427 g/mol. The van der Waals surface area contributed by atoms with Gasteiger partial charge in [0.25, 0.3) is 0 Å². The molecular formula is C27H22ClNO2. The molecule has 154 valence electrons. The Labute approximate surface area is 187 Å². The Kier molecular flexibility index (Phi) is 6.34. The summed E-state index contributed by atoms with van der Waals surface area (Å²) in [6.07, 6.45) is 0. The summed E-state index contributed by atoms with van der Waals surface area (Å²) >= 11 is 6.21. The molecule has 0 saturated heterocycles. The molecule has 1 amide bonds. The first kappa shape index (κ1) is 20.7. The number of halogens is 1. The van der Waals surface area contributed by atoms with Gasteiger partial charge in [0.1, 0.15) is 5.75 Å². The van der Waals surface area contributed by atoms with E-state index in [0.29, 0.717) is 10.6 Å². The van der Waals surface area contributed by atoms with Crippen LogP contribution < -0.4 is 5.32 Å². The summed E-state index contributed by atoms with van der Waals surface area (Å²) in [5, 5.41) is 14.2. The van der Waals surface area contributed by atoms with Crippen LogP contribution in [0.5, 0.6) is 5.75 Å². The molecule has 1 atom stereocenters. The maximum absolute atomic E-state index is 13.7. The number of benzene rings is 4. The second-order valence-electron chi connectivity index (χ2n) is 7.31. The smallest absolute Gasteiger partial charge is 0.232 e. The number of nitrogens with one attached hydrogen (secondary N) is 1. The molecule has 0 aliphatic carbocycles. The molecule has 0 fully saturated rings. The van der Waals surface area contributed by atoms with E-state index in [1.54, 1.807) is 12.1 Å². The van der Waals surface area contributed by atoms with Crippen LogP contribution in [0, 0.1) is 0 Å². The van der Waals surface area contributed by atoms with Gasteiger partial charge in [0.2, 0.25) is 5.91 Å². The van der Waals surface area contributed by atoms with E-state index in [2.05, 4.69) is 5.32 Å². The number of aromatic hydroxyl groups is 1. The lowest BCUT2D eigenvalue weighted by atomic mass is 9.88. The molecule has 4 aromatic rings. The number of phenolic OH excluding ortho intramolecular Hbond substituents is 1. The molecular weight excluding hydrogens is 406 g/mol. The fraction of sp³-hybridized carbons (Fsp3) is 0.0741. The SMILES string of the molecule is O=C(NC(c1ccccc1)c1ccccc1)C(c1ccccc1)c1cc(Cl)ccc1O. The normalized spacial score (nSPS) is 11.8. The van der Waals surface area contributed by atoms with Crippen molar-refractivity contribution in [3.63, 3.8) is 0 Å². The van der Waals surface area contributed by atoms with Crippen molar-refractivity contribution >= 4 is 17.5 Å². The standard InChI is InChI=1S/C27H22ClNO2/c28-22-16-17-24(30)23(18-22)25(19-10-4-1-5-11-19)27(31)29-26(20-12-6-2-7-13-20)21-14-8-3-9-15-21/h1-18,25-26,30H,(H,29,31). The molecule has 0 aliphatic heterocycles. The highest BCUT2D eigenvalue weighted by Gasteiger charge is 2.28. The lowest BCUT2D eigenvalue weighted by molar-refractivity contribution is -0.122. The van der Waals surface area contributed by atoms with Gasteiger partial charge in [0.05, 0.1) is 12.0 Å². The van der Waals surface area contributed by atoms with Crippen LogP contribution in [0.15, 0.2) is 109 Å². The Morgan fingerprint density at radius 3 is 1.71 bits per heavy atom. The first-order chi connectivity index (χ1) is 15.1. The van der Waals surface area contributed by atoms with Gasteiger partial charge in [-0.1, -0.05) is 103 Å². The van der Waals surface area contributed by atoms with Gasteiger partial charge < -0.3 is 10.4 Å². The van der Waals surface area contributed by atoms with E-state index in [-0.39, 0.29) is 17.7 Å². The van der Waals surface area contributed by atoms with E-state index in [4.69, 9.17) is 11.6 Å². The number of hydrogen-bond donors (Lipinski definition) is 2. The Balaban J connectivity index is 1.76. The Hall–Kier alpha value is -3.56. The highest BCUT2D eigenvalue weighted by molar-refractivity contribution is 6.30. The number of rotatable bonds is 6. The van der Waals surface area contributed by atoms with E-state index in [1.807, 2.05) is 91.0 Å². The molecule has 0 aliphatic rings. The lowest BCUT2D eigenvalue weighted by Crippen LogP contribution is -2.34. The fourth-order valence-corrected chi connectivity index (χ4v) is 3.93. The van der Waals surface area contributed by atoms with Gasteiger partial charge >= 0.3 is 0 Å². The quantitative estimate of drug-likeness (QED) is 0.391. The summed E-state index contributed by atoms with van der Waals surface area (Å²) in [7, 11) is 0. The van der Waals surface area contributed by atoms with E-state index in [0.717, 1.165) is 16.7 Å². The maximum Gasteiger partial charge on any atom is 0.232 e. The second-order valence-corrected chi connectivity index (χ2v) is 7.75. The molecule has 2 N–H and O–H groups in total. The van der Waals surface area contributed by atoms with Crippen molar-refractivity contribution in [3.8, 4) is 5.75 Å². The highest BCUT2D eigenvalue weighted by Crippen LogP contribution is 2.34. The number of amides is 1. The number of phenols is 1. The molecule has 1 unspecified atom stereocenters. The van der Waals surface area contributed by atoms with Crippen LogP contribution in [0.3, 0.4) is 0 Å². The summed E-state index contributed by atoms with van der Waals surface area (Å²) in [5.74, 6) is -0.902. The maximum atomic E-state index is 13.7. The molecule has 31 heavy (non-hydrogen) atoms. The molecule has 4 rings (SSSR count). The summed E-state index contributed by atoms with van der Waals surface area (Å²) < 4.78 is 0. The van der Waals surface area contributed by atoms with Gasteiger partial charge in [-0.15, -0.1) is 0 Å². The molecule has 4 aromatic carbocycles. The first-order valence-electron chi connectivity index (χ1n) is 10.1. The number of carbonyl (C=O) groups is 1. The van der Waals surface area contributed by atoms with Gasteiger partial charge in [-0.2, -0.15) is 0 Å². The number of carbonyl (C=O) groups excluding carboxylic acids is 1. The average molecular weight is 428 g/mol. The third kappa shape index (κ3) is 4.79. The predicted octanol–water partition coefficient (Wildman–Crippen LogP) is 6.08. The third-order valence-corrected chi connectivity index (χ3v) is 5.48. The van der Waals surface area contributed by atoms with Crippen molar-refractivity contribution in [1.29, 1.82) is 0 Å². The molecule has 0 aromatic heterocycles. The van der Waals surface area contributed by atoms with Crippen molar-refractivity contribution in [2.24, 2.45) is 0 Å². The Morgan fingerprint density at radius 2 is 1.19 bits per heavy atom. The largest absolute Gasteiger partial charge is 0.508 e. The summed E-state index contributed by atoms with van der Waals surface area (Å²) in [4.78, 5) is 13.7. The summed E-state index contributed by atoms with van der Waals surface area (Å²) in [6.45, 7) is 0. The zero-order valence-corrected chi connectivity index (χ0v) is 17.5. The van der Waals surface area contributed by atoms with Gasteiger partial charge in [0.15, 0.2) is 0 Å². The minimum atomic E-state index is -0.713. The van der Waals surface area contributed by atoms with E-state index < -0.39 is 5.92 Å². The first-order valence-corrected chi connectivity index (χ1v) is 10.4. The van der Waals surface area contributed by atoms with Gasteiger partial charge in [-0.3, -0.25) is 4.79 Å². The van der Waals surface area contributed by atoms with Crippen LogP contribution in [0.2, 0.25) is 5.02 Å². The molecule has 0 spiro atoms. The molecule has 0 heterocycles. The van der Waals surface area contributed by atoms with Crippen molar-refractivity contribution in [1.82, 2.24) is 5.32 Å². The van der Waals surface area contributed by atoms with Crippen molar-refractivity contribution in [3.05, 3.63) is 136 Å². The van der Waals surface area contributed by atoms with E-state index in [9.17, 15) is 9.90 Å². The average Bonchev–Trinajstić information content (AvgIpc) is 2.82. The molecule has 0 radical (unpaired) electrons. The van der Waals surface area contributed by atoms with E-state index >= 15 is 0 Å². The van der Waals surface area contributed by atoms with Crippen molar-refractivity contribution < 1.29 is 9.90 Å². The fourth-order valence-electron chi connectivity index (χ4n) is 3.75. The van der Waals surface area contributed by atoms with Crippen LogP contribution in [0.4, 0.5) is 0 Å². The van der Waals surface area contributed by atoms with E-state index in [1.165, 1.54) is 6.07 Å². The highest BCUT2D eigenvalue weighted by atomic mass is 35.5. The number of hydrogen-bond acceptors (Lipinski definition) is 2. The van der Waals surface area contributed by atoms with Gasteiger partial charge in [-0.25, -0.2) is 0 Å². The lowest BCUT2D eigenvalue weighted by Gasteiger charge is -2.25. The van der Waals surface area contributed by atoms with Crippen LogP contribution >= 0.6 is 11.6 Å². The minimum absolute atomic E-state index is 0.0318. The topological polar surface area (TPSA) is 49.3 Å². The summed E-state index contributed by atoms with van der Waals surface area (Å²) in [6, 6.07) is 33.5. The zero-order chi connectivity index (χ0) is 21.6. The molecule has 0 bridgehead atoms. The zero-order valence-electron chi connectivity index (χ0n) is 16.8. The van der Waals surface area contributed by atoms with Crippen LogP contribution in [-0.2, 0) is 4.79 Å². The van der Waals surface area contributed by atoms with Crippen LogP contribution in [-0.4, -0.2) is 11.0 Å². The van der Waals surface area contributed by atoms with Crippen LogP contribution in [0.25, 0.3) is 0 Å². The minimum Gasteiger partial charge on any atom is -0.508 e. The molecule has 0 saturated carbocycles. The van der Waals surface area contributed by atoms with Crippen molar-refractivity contribution in [2.75, 3.05) is 0 Å². The Morgan fingerprint density at radius 1 is 0.710 bits per heavy atom. The van der Waals surface area contributed by atoms with Crippen molar-refractivity contribution in [2.45, 2.75) is 12.0 Å². The van der Waals surface area contributed by atoms with Gasteiger partial charge in [-0.05, 0) is 34.9 Å². The van der Waals surface area contributed by atoms with Gasteiger partial charge in [0, 0.05) is 10.6 Å². The molecule has 3 nitrogen and oxygen atoms in total.